The first-order valence-corrected chi connectivity index (χ1v) is 9.23. The molecule has 1 N–H and O–H groups in total. The van der Waals surface area contributed by atoms with E-state index >= 15 is 0 Å². The third-order valence-electron chi connectivity index (χ3n) is 2.95. The highest BCUT2D eigenvalue weighted by Crippen LogP contribution is 2.30. The van der Waals surface area contributed by atoms with Gasteiger partial charge < -0.3 is 9.84 Å². The second-order valence-corrected chi connectivity index (χ2v) is 6.60. The molecule has 1 aromatic heterocycles. The zero-order valence-electron chi connectivity index (χ0n) is 12.4. The normalized spacial score (nSPS) is 10.7. The highest BCUT2D eigenvalue weighted by Gasteiger charge is 2.14. The molecule has 0 saturated heterocycles. The molecule has 0 fully saturated rings. The molecule has 118 valence electrons. The number of benzene rings is 1. The summed E-state index contributed by atoms with van der Waals surface area (Å²) in [4.78, 5) is 8.82. The van der Waals surface area contributed by atoms with Gasteiger partial charge in [0.2, 0.25) is 0 Å². The zero-order valence-corrected chi connectivity index (χ0v) is 14.8. The number of aliphatic hydroxyl groups is 1. The second kappa shape index (κ2) is 8.62. The van der Waals surface area contributed by atoms with Crippen LogP contribution >= 0.6 is 35.1 Å². The summed E-state index contributed by atoms with van der Waals surface area (Å²) >= 11 is 9.28. The van der Waals surface area contributed by atoms with Crippen molar-refractivity contribution in [3.63, 3.8) is 0 Å². The molecule has 0 bridgehead atoms. The van der Waals surface area contributed by atoms with Crippen molar-refractivity contribution in [3.05, 3.63) is 40.5 Å². The van der Waals surface area contributed by atoms with E-state index in [0.29, 0.717) is 22.5 Å². The lowest BCUT2D eigenvalue weighted by molar-refractivity contribution is 0.322. The van der Waals surface area contributed by atoms with Gasteiger partial charge in [0.15, 0.2) is 5.16 Å². The third kappa shape index (κ3) is 4.52. The van der Waals surface area contributed by atoms with Crippen molar-refractivity contribution < 1.29 is 9.84 Å². The van der Waals surface area contributed by atoms with E-state index in [1.54, 1.807) is 7.11 Å². The van der Waals surface area contributed by atoms with Crippen LogP contribution in [0.25, 0.3) is 0 Å². The molecule has 2 aromatic rings. The maximum absolute atomic E-state index is 9.05. The van der Waals surface area contributed by atoms with E-state index in [-0.39, 0.29) is 6.61 Å². The molecule has 1 aromatic carbocycles. The quantitative estimate of drug-likeness (QED) is 0.465. The Morgan fingerprint density at radius 3 is 2.55 bits per heavy atom. The first-order chi connectivity index (χ1) is 10.7. The molecule has 1 heterocycles. The molecule has 0 atom stereocenters. The highest BCUT2D eigenvalue weighted by molar-refractivity contribution is 7.99. The molecule has 4 nitrogen and oxygen atoms in total. The molecule has 2 rings (SSSR count). The molecule has 0 radical (unpaired) electrons. The molecule has 0 unspecified atom stereocenters. The SMILES string of the molecule is COc1ccc(Cc2c(Cl)nc(SC)nc2SCCO)cc1. The lowest BCUT2D eigenvalue weighted by Gasteiger charge is -2.11. The summed E-state index contributed by atoms with van der Waals surface area (Å²) in [5.41, 5.74) is 2.00. The maximum Gasteiger partial charge on any atom is 0.189 e. The Kier molecular flexibility index (Phi) is 6.82. The van der Waals surface area contributed by atoms with E-state index in [9.17, 15) is 0 Å². The Bertz CT molecular complexity index is 624. The van der Waals surface area contributed by atoms with Crippen LogP contribution in [-0.4, -0.2) is 40.8 Å². The van der Waals surface area contributed by atoms with Crippen LogP contribution in [-0.2, 0) is 6.42 Å². The number of ether oxygens (including phenoxy) is 1. The van der Waals surface area contributed by atoms with E-state index in [4.69, 9.17) is 21.4 Å². The second-order valence-electron chi connectivity index (χ2n) is 4.38. The fourth-order valence-corrected chi connectivity index (χ4v) is 3.41. The number of aromatic nitrogens is 2. The van der Waals surface area contributed by atoms with Crippen LogP contribution in [0.3, 0.4) is 0 Å². The predicted molar refractivity (Wildman–Crippen MR) is 92.4 cm³/mol. The number of thioether (sulfide) groups is 2. The first-order valence-electron chi connectivity index (χ1n) is 6.65. The van der Waals surface area contributed by atoms with Crippen LogP contribution < -0.4 is 4.74 Å². The largest absolute Gasteiger partial charge is 0.497 e. The van der Waals surface area contributed by atoms with Crippen molar-refractivity contribution in [1.29, 1.82) is 0 Å². The molecule has 22 heavy (non-hydrogen) atoms. The number of methoxy groups -OCH3 is 1. The number of hydrogen-bond donors (Lipinski definition) is 1. The Hall–Kier alpha value is -0.950. The van der Waals surface area contributed by atoms with Crippen LogP contribution in [0.4, 0.5) is 0 Å². The van der Waals surface area contributed by atoms with Gasteiger partial charge in [-0.1, -0.05) is 35.5 Å². The van der Waals surface area contributed by atoms with Gasteiger partial charge >= 0.3 is 0 Å². The number of halogens is 1. The van der Waals surface area contributed by atoms with Crippen molar-refractivity contribution in [2.75, 3.05) is 25.7 Å². The molecule has 7 heteroatoms. The average Bonchev–Trinajstić information content (AvgIpc) is 2.55. The topological polar surface area (TPSA) is 55.2 Å². The van der Waals surface area contributed by atoms with Crippen molar-refractivity contribution in [2.45, 2.75) is 16.6 Å². The van der Waals surface area contributed by atoms with E-state index in [1.165, 1.54) is 23.5 Å². The van der Waals surface area contributed by atoms with E-state index in [2.05, 4.69) is 9.97 Å². The van der Waals surface area contributed by atoms with Crippen LogP contribution in [0.5, 0.6) is 5.75 Å². The van der Waals surface area contributed by atoms with Gasteiger partial charge in [-0.25, -0.2) is 9.97 Å². The minimum atomic E-state index is 0.100. The summed E-state index contributed by atoms with van der Waals surface area (Å²) in [6.45, 7) is 0.100. The van der Waals surface area contributed by atoms with E-state index in [0.717, 1.165) is 21.9 Å². The standard InChI is InChI=1S/C15H17ClN2O2S2/c1-20-11-5-3-10(4-6-11)9-12-13(16)17-15(21-2)18-14(12)22-8-7-19/h3-6,19H,7-9H2,1-2H3. The van der Waals surface area contributed by atoms with Gasteiger partial charge in [0.05, 0.1) is 13.7 Å². The number of aliphatic hydroxyl groups excluding tert-OH is 1. The number of rotatable bonds is 7. The molecular formula is C15H17ClN2O2S2. The summed E-state index contributed by atoms with van der Waals surface area (Å²) in [6, 6.07) is 7.83. The van der Waals surface area contributed by atoms with Gasteiger partial charge in [-0.05, 0) is 24.0 Å². The molecule has 0 aliphatic carbocycles. The number of nitrogens with zero attached hydrogens (tertiary/aromatic N) is 2. The molecule has 0 spiro atoms. The smallest absolute Gasteiger partial charge is 0.189 e. The fourth-order valence-electron chi connectivity index (χ4n) is 1.87. The Morgan fingerprint density at radius 2 is 1.95 bits per heavy atom. The summed E-state index contributed by atoms with van der Waals surface area (Å²) < 4.78 is 5.16. The Balaban J connectivity index is 2.30. The minimum absolute atomic E-state index is 0.100. The van der Waals surface area contributed by atoms with Crippen molar-refractivity contribution in [1.82, 2.24) is 9.97 Å². The van der Waals surface area contributed by atoms with Crippen molar-refractivity contribution in [3.8, 4) is 5.75 Å². The van der Waals surface area contributed by atoms with Gasteiger partial charge in [-0.3, -0.25) is 0 Å². The van der Waals surface area contributed by atoms with Gasteiger partial charge in [-0.15, -0.1) is 11.8 Å². The van der Waals surface area contributed by atoms with Crippen LogP contribution in [0.15, 0.2) is 34.4 Å². The van der Waals surface area contributed by atoms with Crippen molar-refractivity contribution in [2.24, 2.45) is 0 Å². The van der Waals surface area contributed by atoms with E-state index in [1.807, 2.05) is 30.5 Å². The fraction of sp³-hybridized carbons (Fsp3) is 0.333. The third-order valence-corrected chi connectivity index (χ3v) is 4.81. The Morgan fingerprint density at radius 1 is 1.23 bits per heavy atom. The van der Waals surface area contributed by atoms with Gasteiger partial charge in [0, 0.05) is 17.7 Å². The van der Waals surface area contributed by atoms with Crippen molar-refractivity contribution >= 4 is 35.1 Å². The summed E-state index contributed by atoms with van der Waals surface area (Å²) in [6.07, 6.45) is 2.56. The van der Waals surface area contributed by atoms with Gasteiger partial charge in [-0.2, -0.15) is 0 Å². The van der Waals surface area contributed by atoms with Gasteiger partial charge in [0.25, 0.3) is 0 Å². The maximum atomic E-state index is 9.05. The molecule has 0 saturated carbocycles. The zero-order chi connectivity index (χ0) is 15.9. The van der Waals surface area contributed by atoms with E-state index < -0.39 is 0 Å². The van der Waals surface area contributed by atoms with Crippen LogP contribution in [0, 0.1) is 0 Å². The lowest BCUT2D eigenvalue weighted by Crippen LogP contribution is -2.01. The summed E-state index contributed by atoms with van der Waals surface area (Å²) in [5, 5.41) is 11.0. The lowest BCUT2D eigenvalue weighted by atomic mass is 10.1. The average molecular weight is 357 g/mol. The first kappa shape index (κ1) is 17.4. The number of hydrogen-bond acceptors (Lipinski definition) is 6. The monoisotopic (exact) mass is 356 g/mol. The van der Waals surface area contributed by atoms with Gasteiger partial charge in [0.1, 0.15) is 15.9 Å². The summed E-state index contributed by atoms with van der Waals surface area (Å²) in [5.74, 6) is 1.40. The van der Waals surface area contributed by atoms with Crippen LogP contribution in [0.1, 0.15) is 11.1 Å². The molecular weight excluding hydrogens is 340 g/mol. The Labute approximate surface area is 143 Å². The molecule has 0 aliphatic heterocycles. The predicted octanol–water partition coefficient (Wildman–Crippen LogP) is 3.54. The molecule has 0 amide bonds. The summed E-state index contributed by atoms with van der Waals surface area (Å²) in [7, 11) is 1.64. The van der Waals surface area contributed by atoms with Crippen LogP contribution in [0.2, 0.25) is 5.15 Å². The highest BCUT2D eigenvalue weighted by atomic mass is 35.5. The molecule has 0 aliphatic rings. The minimum Gasteiger partial charge on any atom is -0.497 e.